The number of rotatable bonds is 13. The minimum absolute atomic E-state index is 0.392. The maximum Gasteiger partial charge on any atom is 0.299 e. The summed E-state index contributed by atoms with van der Waals surface area (Å²) in [4.78, 5) is 0. The second-order valence-corrected chi connectivity index (χ2v) is 6.52. The van der Waals surface area contributed by atoms with E-state index in [0.29, 0.717) is 5.75 Å². The van der Waals surface area contributed by atoms with Gasteiger partial charge in [-0.05, 0) is 30.5 Å². The maximum absolute atomic E-state index is 10.4. The van der Waals surface area contributed by atoms with Crippen molar-refractivity contribution >= 4 is 11.0 Å². The van der Waals surface area contributed by atoms with Gasteiger partial charge in [-0.2, -0.15) is 8.42 Å². The van der Waals surface area contributed by atoms with Gasteiger partial charge in [-0.25, -0.2) is 0 Å². The monoisotopic (exact) mass is 326 g/mol. The van der Waals surface area contributed by atoms with Crippen LogP contribution in [0, 0.1) is 0 Å². The Hall–Kier alpha value is -1.03. The molecule has 126 valence electrons. The van der Waals surface area contributed by atoms with Gasteiger partial charge in [-0.1, -0.05) is 76.8 Å². The van der Waals surface area contributed by atoms with E-state index in [4.69, 9.17) is 0 Å². The summed E-state index contributed by atoms with van der Waals surface area (Å²) in [6, 6.07) is 7.33. The lowest BCUT2D eigenvalue weighted by Crippen LogP contribution is -1.91. The summed E-state index contributed by atoms with van der Waals surface area (Å²) in [7, 11) is -2.81. The van der Waals surface area contributed by atoms with Crippen LogP contribution < -0.4 is 4.18 Å². The molecule has 0 N–H and O–H groups in total. The summed E-state index contributed by atoms with van der Waals surface area (Å²) in [5.74, 6) is 0.392. The van der Waals surface area contributed by atoms with Gasteiger partial charge in [-0.15, -0.1) is 0 Å². The molecule has 3 nitrogen and oxygen atoms in total. The third-order valence-electron chi connectivity index (χ3n) is 3.92. The smallest absolute Gasteiger partial charge is 0.299 e. The van der Waals surface area contributed by atoms with Crippen molar-refractivity contribution in [2.24, 2.45) is 0 Å². The van der Waals surface area contributed by atoms with E-state index in [0.717, 1.165) is 6.42 Å². The zero-order valence-electron chi connectivity index (χ0n) is 13.8. The highest BCUT2D eigenvalue weighted by molar-refractivity contribution is 7.67. The molecule has 0 saturated carbocycles. The summed E-state index contributed by atoms with van der Waals surface area (Å²) in [6.07, 6.45) is 14.5. The normalized spacial score (nSPS) is 11.0. The van der Waals surface area contributed by atoms with Gasteiger partial charge in [0.1, 0.15) is 5.75 Å². The third kappa shape index (κ3) is 9.82. The van der Waals surface area contributed by atoms with Gasteiger partial charge < -0.3 is 4.18 Å². The molecule has 22 heavy (non-hydrogen) atoms. The topological polar surface area (TPSA) is 43.4 Å². The summed E-state index contributed by atoms with van der Waals surface area (Å²) in [5, 5.41) is 0. The van der Waals surface area contributed by atoms with Gasteiger partial charge >= 0.3 is 0 Å². The molecule has 0 fully saturated rings. The van der Waals surface area contributed by atoms with E-state index >= 15 is 0 Å². The Kier molecular flexibility index (Phi) is 10.8. The molecule has 1 rings (SSSR count). The van der Waals surface area contributed by atoms with Crippen LogP contribution in [0.3, 0.4) is 0 Å². The first-order chi connectivity index (χ1) is 10.7. The fourth-order valence-corrected chi connectivity index (χ4v) is 2.91. The predicted molar refractivity (Wildman–Crippen MR) is 92.9 cm³/mol. The average Bonchev–Trinajstić information content (AvgIpc) is 2.50. The van der Waals surface area contributed by atoms with Gasteiger partial charge in [0.25, 0.3) is 11.0 Å². The van der Waals surface area contributed by atoms with Crippen LogP contribution in [-0.2, 0) is 17.4 Å². The molecule has 0 saturated heterocycles. The molecule has 0 aliphatic carbocycles. The van der Waals surface area contributed by atoms with Gasteiger partial charge in [0.15, 0.2) is 0 Å². The molecule has 0 radical (unpaired) electrons. The van der Waals surface area contributed by atoms with Crippen molar-refractivity contribution in [1.29, 1.82) is 0 Å². The Balaban J connectivity index is 2.00. The molecule has 1 aromatic carbocycles. The fraction of sp³-hybridized carbons (Fsp3) is 0.667. The highest BCUT2D eigenvalue weighted by Crippen LogP contribution is 2.15. The number of unbranched alkanes of at least 4 members (excludes halogenated alkanes) is 9. The number of aryl methyl sites for hydroxylation is 1. The molecule has 0 atom stereocenters. The SMILES string of the molecule is CCCCCCCCCCCCc1ccc(O[SH](=O)=O)cc1. The molecule has 0 aliphatic rings. The van der Waals surface area contributed by atoms with E-state index in [2.05, 4.69) is 11.1 Å². The Labute approximate surface area is 137 Å². The van der Waals surface area contributed by atoms with E-state index in [-0.39, 0.29) is 0 Å². The van der Waals surface area contributed by atoms with Crippen molar-refractivity contribution in [2.75, 3.05) is 0 Å². The van der Waals surface area contributed by atoms with Gasteiger partial charge in [-0.3, -0.25) is 0 Å². The average molecular weight is 327 g/mol. The first kappa shape index (κ1) is 19.0. The maximum atomic E-state index is 10.4. The molecule has 0 aromatic heterocycles. The van der Waals surface area contributed by atoms with E-state index in [1.165, 1.54) is 69.8 Å². The predicted octanol–water partition coefficient (Wildman–Crippen LogP) is 5.06. The van der Waals surface area contributed by atoms with Crippen LogP contribution >= 0.6 is 0 Å². The summed E-state index contributed by atoms with van der Waals surface area (Å²) in [5.41, 5.74) is 1.24. The second kappa shape index (κ2) is 12.5. The number of thiol groups is 1. The van der Waals surface area contributed by atoms with Crippen LogP contribution in [-0.4, -0.2) is 8.42 Å². The zero-order chi connectivity index (χ0) is 16.0. The minimum atomic E-state index is -2.81. The number of benzene rings is 1. The van der Waals surface area contributed by atoms with Gasteiger partial charge in [0, 0.05) is 0 Å². The molecular weight excluding hydrogens is 296 g/mol. The minimum Gasteiger partial charge on any atom is -0.384 e. The molecular formula is C18H30O3S. The molecule has 0 amide bonds. The van der Waals surface area contributed by atoms with Crippen molar-refractivity contribution in [2.45, 2.75) is 77.6 Å². The van der Waals surface area contributed by atoms with Crippen LogP contribution in [0.1, 0.15) is 76.7 Å². The first-order valence-electron chi connectivity index (χ1n) is 8.63. The number of hydrogen-bond donors (Lipinski definition) is 1. The largest absolute Gasteiger partial charge is 0.384 e. The summed E-state index contributed by atoms with van der Waals surface area (Å²) in [6.45, 7) is 2.26. The van der Waals surface area contributed by atoms with Crippen molar-refractivity contribution < 1.29 is 12.6 Å². The number of hydrogen-bond acceptors (Lipinski definition) is 3. The van der Waals surface area contributed by atoms with Crippen molar-refractivity contribution in [3.05, 3.63) is 29.8 Å². The Bertz CT molecular complexity index is 444. The van der Waals surface area contributed by atoms with E-state index in [1.54, 1.807) is 12.1 Å². The third-order valence-corrected chi connectivity index (χ3v) is 4.28. The van der Waals surface area contributed by atoms with Crippen LogP contribution in [0.15, 0.2) is 24.3 Å². The molecule has 1 aromatic rings. The van der Waals surface area contributed by atoms with Crippen LogP contribution in [0.25, 0.3) is 0 Å². The quantitative estimate of drug-likeness (QED) is 0.407. The second-order valence-electron chi connectivity index (χ2n) is 5.89. The lowest BCUT2D eigenvalue weighted by atomic mass is 10.0. The van der Waals surface area contributed by atoms with Crippen molar-refractivity contribution in [1.82, 2.24) is 0 Å². The summed E-state index contributed by atoms with van der Waals surface area (Å²) >= 11 is 0. The zero-order valence-corrected chi connectivity index (χ0v) is 14.7. The Morgan fingerprint density at radius 3 is 1.77 bits per heavy atom. The van der Waals surface area contributed by atoms with Crippen molar-refractivity contribution in [3.63, 3.8) is 0 Å². The molecule has 0 aliphatic heterocycles. The molecule has 4 heteroatoms. The van der Waals surface area contributed by atoms with Gasteiger partial charge in [0.05, 0.1) is 0 Å². The Morgan fingerprint density at radius 2 is 1.27 bits per heavy atom. The standard InChI is InChI=1S/C18H30O3S/c1-2-3-4-5-6-7-8-9-10-11-12-17-13-15-18(16-14-17)21-22(19)20/h13-16,22H,2-12H2,1H3. The fourth-order valence-electron chi connectivity index (χ4n) is 2.62. The van der Waals surface area contributed by atoms with E-state index in [9.17, 15) is 8.42 Å². The van der Waals surface area contributed by atoms with Crippen LogP contribution in [0.5, 0.6) is 5.75 Å². The van der Waals surface area contributed by atoms with Crippen molar-refractivity contribution in [3.8, 4) is 5.75 Å². The van der Waals surface area contributed by atoms with Crippen LogP contribution in [0.2, 0.25) is 0 Å². The van der Waals surface area contributed by atoms with Crippen LogP contribution in [0.4, 0.5) is 0 Å². The molecule has 0 unspecified atom stereocenters. The molecule has 0 spiro atoms. The molecule has 0 bridgehead atoms. The highest BCUT2D eigenvalue weighted by atomic mass is 32.2. The summed E-state index contributed by atoms with van der Waals surface area (Å²) < 4.78 is 25.5. The van der Waals surface area contributed by atoms with E-state index < -0.39 is 11.0 Å². The lowest BCUT2D eigenvalue weighted by Gasteiger charge is -2.04. The van der Waals surface area contributed by atoms with Gasteiger partial charge in [0.2, 0.25) is 0 Å². The first-order valence-corrected chi connectivity index (χ1v) is 9.73. The Morgan fingerprint density at radius 1 is 0.773 bits per heavy atom. The molecule has 0 heterocycles. The van der Waals surface area contributed by atoms with E-state index in [1.807, 2.05) is 12.1 Å². The lowest BCUT2D eigenvalue weighted by molar-refractivity contribution is 0.510. The highest BCUT2D eigenvalue weighted by Gasteiger charge is 1.97.